The first kappa shape index (κ1) is 9.98. The molecule has 1 saturated heterocycles. The molecule has 2 N–H and O–H groups in total. The second-order valence-corrected chi connectivity index (χ2v) is 3.36. The molecule has 0 spiro atoms. The van der Waals surface area contributed by atoms with E-state index in [0.29, 0.717) is 13.1 Å². The summed E-state index contributed by atoms with van der Waals surface area (Å²) in [4.78, 5) is 25.7. The number of nitrogens with zero attached hydrogens (tertiary/aromatic N) is 2. The molecule has 0 bridgehead atoms. The van der Waals surface area contributed by atoms with Crippen LogP contribution in [0.3, 0.4) is 0 Å². The van der Waals surface area contributed by atoms with Crippen LogP contribution >= 0.6 is 0 Å². The van der Waals surface area contributed by atoms with Crippen LogP contribution in [0.25, 0.3) is 0 Å². The van der Waals surface area contributed by atoms with Gasteiger partial charge >= 0.3 is 0 Å². The third-order valence-corrected chi connectivity index (χ3v) is 2.16. The minimum Gasteiger partial charge on any atom is -0.342 e. The van der Waals surface area contributed by atoms with Gasteiger partial charge < -0.3 is 15.5 Å². The van der Waals surface area contributed by atoms with E-state index in [-0.39, 0.29) is 18.4 Å². The molecule has 1 rings (SSSR count). The van der Waals surface area contributed by atoms with Crippen molar-refractivity contribution >= 4 is 11.8 Å². The first-order valence-electron chi connectivity index (χ1n) is 4.30. The van der Waals surface area contributed by atoms with Gasteiger partial charge in [-0.2, -0.15) is 0 Å². The smallest absolute Gasteiger partial charge is 0.241 e. The molecule has 0 aromatic carbocycles. The minimum atomic E-state index is -0.517. The molecule has 5 nitrogen and oxygen atoms in total. The number of likely N-dealkylation sites (N-methyl/N-ethyl adjacent to an activating group) is 1. The van der Waals surface area contributed by atoms with Crippen molar-refractivity contribution in [3.8, 4) is 0 Å². The Morgan fingerprint density at radius 2 is 2.15 bits per heavy atom. The molecule has 0 saturated carbocycles. The normalized spacial score (nSPS) is 20.4. The topological polar surface area (TPSA) is 66.6 Å². The molecule has 13 heavy (non-hydrogen) atoms. The van der Waals surface area contributed by atoms with E-state index >= 15 is 0 Å². The minimum absolute atomic E-state index is 0.0275. The molecule has 0 aliphatic carbocycles. The summed E-state index contributed by atoms with van der Waals surface area (Å²) >= 11 is 0. The zero-order chi connectivity index (χ0) is 10.0. The lowest BCUT2D eigenvalue weighted by atomic mass is 10.2. The lowest BCUT2D eigenvalue weighted by molar-refractivity contribution is -0.144. The molecule has 1 fully saturated rings. The molecular weight excluding hydrogens is 170 g/mol. The van der Waals surface area contributed by atoms with E-state index in [0.717, 1.165) is 0 Å². The Morgan fingerprint density at radius 1 is 1.54 bits per heavy atom. The van der Waals surface area contributed by atoms with E-state index < -0.39 is 6.04 Å². The monoisotopic (exact) mass is 185 g/mol. The summed E-state index contributed by atoms with van der Waals surface area (Å²) in [6.45, 7) is 2.97. The lowest BCUT2D eigenvalue weighted by Gasteiger charge is -2.32. The lowest BCUT2D eigenvalue weighted by Crippen LogP contribution is -2.54. The van der Waals surface area contributed by atoms with Gasteiger partial charge in [-0.25, -0.2) is 0 Å². The van der Waals surface area contributed by atoms with E-state index in [4.69, 9.17) is 5.73 Å². The van der Waals surface area contributed by atoms with Crippen LogP contribution in [0, 0.1) is 0 Å². The van der Waals surface area contributed by atoms with E-state index in [9.17, 15) is 9.59 Å². The highest BCUT2D eigenvalue weighted by Crippen LogP contribution is 2.02. The Hall–Kier alpha value is -1.10. The van der Waals surface area contributed by atoms with Crippen molar-refractivity contribution in [2.75, 3.05) is 26.7 Å². The molecule has 74 valence electrons. The molecular formula is C8H15N3O2. The molecule has 1 aliphatic rings. The van der Waals surface area contributed by atoms with E-state index in [1.807, 2.05) is 0 Å². The molecule has 0 aromatic heterocycles. The Balaban J connectivity index is 2.55. The number of piperazine rings is 1. The summed E-state index contributed by atoms with van der Waals surface area (Å²) in [5.74, 6) is -0.179. The van der Waals surface area contributed by atoms with E-state index in [2.05, 4.69) is 0 Å². The number of carbonyl (C=O) groups is 2. The Labute approximate surface area is 77.5 Å². The summed E-state index contributed by atoms with van der Waals surface area (Å²) in [5.41, 5.74) is 5.43. The van der Waals surface area contributed by atoms with Gasteiger partial charge in [0.15, 0.2) is 0 Å². The summed E-state index contributed by atoms with van der Waals surface area (Å²) in [6.07, 6.45) is 0. The summed E-state index contributed by atoms with van der Waals surface area (Å²) < 4.78 is 0. The van der Waals surface area contributed by atoms with Crippen molar-refractivity contribution in [1.29, 1.82) is 0 Å². The van der Waals surface area contributed by atoms with Crippen LogP contribution in [0.5, 0.6) is 0 Å². The van der Waals surface area contributed by atoms with Gasteiger partial charge in [0.25, 0.3) is 0 Å². The quantitative estimate of drug-likeness (QED) is 0.548. The van der Waals surface area contributed by atoms with Crippen molar-refractivity contribution < 1.29 is 9.59 Å². The number of carbonyl (C=O) groups excluding carboxylic acids is 2. The molecule has 1 atom stereocenters. The SMILES string of the molecule is C[C@@H](N)C(=O)N1CCN(C)C(=O)C1. The van der Waals surface area contributed by atoms with E-state index in [1.165, 1.54) is 4.90 Å². The molecule has 0 unspecified atom stereocenters. The first-order chi connectivity index (χ1) is 6.02. The Kier molecular flexibility index (Phi) is 2.87. The predicted octanol–water partition coefficient (Wildman–Crippen LogP) is -1.37. The number of amides is 2. The van der Waals surface area contributed by atoms with Crippen LogP contribution in [0.4, 0.5) is 0 Å². The number of rotatable bonds is 1. The van der Waals surface area contributed by atoms with Gasteiger partial charge in [-0.1, -0.05) is 0 Å². The van der Waals surface area contributed by atoms with Crippen molar-refractivity contribution in [3.63, 3.8) is 0 Å². The average Bonchev–Trinajstić information content (AvgIpc) is 2.08. The summed E-state index contributed by atoms with van der Waals surface area (Å²) in [6, 6.07) is -0.517. The zero-order valence-corrected chi connectivity index (χ0v) is 7.99. The predicted molar refractivity (Wildman–Crippen MR) is 47.9 cm³/mol. The van der Waals surface area contributed by atoms with Gasteiger partial charge in [0, 0.05) is 20.1 Å². The van der Waals surface area contributed by atoms with Crippen LogP contribution in [-0.2, 0) is 9.59 Å². The number of hydrogen-bond donors (Lipinski definition) is 1. The van der Waals surface area contributed by atoms with Gasteiger partial charge in [-0.3, -0.25) is 9.59 Å². The van der Waals surface area contributed by atoms with Crippen molar-refractivity contribution in [1.82, 2.24) is 9.80 Å². The second-order valence-electron chi connectivity index (χ2n) is 3.36. The van der Waals surface area contributed by atoms with Crippen LogP contribution in [0.2, 0.25) is 0 Å². The van der Waals surface area contributed by atoms with Crippen LogP contribution < -0.4 is 5.73 Å². The maximum absolute atomic E-state index is 11.4. The van der Waals surface area contributed by atoms with Gasteiger partial charge in [-0.15, -0.1) is 0 Å². The van der Waals surface area contributed by atoms with Gasteiger partial charge in [0.2, 0.25) is 11.8 Å². The fourth-order valence-corrected chi connectivity index (χ4v) is 1.23. The van der Waals surface area contributed by atoms with Crippen molar-refractivity contribution in [2.45, 2.75) is 13.0 Å². The first-order valence-corrected chi connectivity index (χ1v) is 4.30. The van der Waals surface area contributed by atoms with Gasteiger partial charge in [0.05, 0.1) is 12.6 Å². The van der Waals surface area contributed by atoms with Crippen molar-refractivity contribution in [3.05, 3.63) is 0 Å². The Morgan fingerprint density at radius 3 is 2.62 bits per heavy atom. The third kappa shape index (κ3) is 2.18. The van der Waals surface area contributed by atoms with Crippen molar-refractivity contribution in [2.24, 2.45) is 5.73 Å². The fraction of sp³-hybridized carbons (Fsp3) is 0.750. The summed E-state index contributed by atoms with van der Waals surface area (Å²) in [5, 5.41) is 0. The van der Waals surface area contributed by atoms with Crippen LogP contribution in [-0.4, -0.2) is 54.3 Å². The molecule has 0 radical (unpaired) electrons. The maximum atomic E-state index is 11.4. The number of hydrogen-bond acceptors (Lipinski definition) is 3. The van der Waals surface area contributed by atoms with Gasteiger partial charge in [-0.05, 0) is 6.92 Å². The Bertz CT molecular complexity index is 227. The highest BCUT2D eigenvalue weighted by molar-refractivity contribution is 5.88. The van der Waals surface area contributed by atoms with E-state index in [1.54, 1.807) is 18.9 Å². The maximum Gasteiger partial charge on any atom is 0.241 e. The number of nitrogens with two attached hydrogens (primary N) is 1. The molecule has 2 amide bonds. The second kappa shape index (κ2) is 3.74. The molecule has 1 heterocycles. The zero-order valence-electron chi connectivity index (χ0n) is 7.99. The van der Waals surface area contributed by atoms with Crippen LogP contribution in [0.15, 0.2) is 0 Å². The third-order valence-electron chi connectivity index (χ3n) is 2.16. The fourth-order valence-electron chi connectivity index (χ4n) is 1.23. The summed E-state index contributed by atoms with van der Waals surface area (Å²) in [7, 11) is 1.73. The standard InChI is InChI=1S/C8H15N3O2/c1-6(9)8(13)11-4-3-10(2)7(12)5-11/h6H,3-5,9H2,1-2H3/t6-/m1/s1. The van der Waals surface area contributed by atoms with Crippen LogP contribution in [0.1, 0.15) is 6.92 Å². The highest BCUT2D eigenvalue weighted by atomic mass is 16.2. The molecule has 1 aliphatic heterocycles. The average molecular weight is 185 g/mol. The largest absolute Gasteiger partial charge is 0.342 e. The molecule has 5 heteroatoms. The highest BCUT2D eigenvalue weighted by Gasteiger charge is 2.26. The van der Waals surface area contributed by atoms with Gasteiger partial charge in [0.1, 0.15) is 0 Å². The molecule has 0 aromatic rings.